The van der Waals surface area contributed by atoms with Crippen LogP contribution in [0.3, 0.4) is 0 Å². The molecule has 0 aromatic heterocycles. The predicted molar refractivity (Wildman–Crippen MR) is 58.1 cm³/mol. The zero-order chi connectivity index (χ0) is 12.6. The first-order valence-electron chi connectivity index (χ1n) is 5.05. The summed E-state index contributed by atoms with van der Waals surface area (Å²) in [5.41, 5.74) is 5.31. The minimum atomic E-state index is -1.01. The molecule has 0 bridgehead atoms. The fraction of sp³-hybridized carbons (Fsp3) is 0.778. The minimum absolute atomic E-state index is 0.324. The summed E-state index contributed by atoms with van der Waals surface area (Å²) in [5.74, 6) is -0.691. The summed E-state index contributed by atoms with van der Waals surface area (Å²) in [4.78, 5) is 14.0. The van der Waals surface area contributed by atoms with Crippen molar-refractivity contribution >= 4 is 11.8 Å². The van der Waals surface area contributed by atoms with Gasteiger partial charge in [0, 0.05) is 6.54 Å². The van der Waals surface area contributed by atoms with Crippen molar-refractivity contribution in [1.82, 2.24) is 5.06 Å². The van der Waals surface area contributed by atoms with Crippen molar-refractivity contribution in [3.8, 4) is 0 Å². The number of carboxylic acids is 1. The van der Waals surface area contributed by atoms with Gasteiger partial charge in [0.2, 0.25) is 0 Å². The van der Waals surface area contributed by atoms with Gasteiger partial charge < -0.3 is 15.9 Å². The molecule has 0 fully saturated rings. The molecule has 1 unspecified atom stereocenters. The summed E-state index contributed by atoms with van der Waals surface area (Å²) in [6, 6.07) is -0.848. The van der Waals surface area contributed by atoms with Gasteiger partial charge in [-0.3, -0.25) is 10.0 Å². The molecule has 0 saturated heterocycles. The van der Waals surface area contributed by atoms with E-state index in [1.165, 1.54) is 0 Å². The summed E-state index contributed by atoms with van der Waals surface area (Å²) >= 11 is 0. The van der Waals surface area contributed by atoms with Crippen molar-refractivity contribution in [2.24, 2.45) is 10.7 Å². The van der Waals surface area contributed by atoms with Crippen LogP contribution in [0.25, 0.3) is 0 Å². The van der Waals surface area contributed by atoms with Crippen LogP contribution in [0.2, 0.25) is 0 Å². The molecular weight excluding hydrogens is 214 g/mol. The van der Waals surface area contributed by atoms with Gasteiger partial charge in [-0.25, -0.2) is 10.1 Å². The van der Waals surface area contributed by atoms with E-state index in [4.69, 9.17) is 15.9 Å². The smallest absolute Gasteiger partial charge is 0.320 e. The van der Waals surface area contributed by atoms with E-state index < -0.39 is 12.0 Å². The summed E-state index contributed by atoms with van der Waals surface area (Å²) in [6.45, 7) is 1.54. The van der Waals surface area contributed by atoms with Gasteiger partial charge in [0.25, 0.3) is 0 Å². The van der Waals surface area contributed by atoms with Crippen molar-refractivity contribution in [1.29, 1.82) is 0 Å². The van der Waals surface area contributed by atoms with E-state index in [-0.39, 0.29) is 6.73 Å². The second kappa shape index (κ2) is 8.03. The number of aliphatic carboxylic acids is 1. The number of unbranched alkanes of at least 4 members (excludes halogenated alkanes) is 1. The zero-order valence-electron chi connectivity index (χ0n) is 9.33. The standard InChI is InChI=1S/C9H19N3O4/c1-7(11-6-13)12(16)5-3-2-4-8(10)9(14)15/h8,13,16H,2-6,10H2,1H3,(H,14,15)/b11-7+. The zero-order valence-corrected chi connectivity index (χ0v) is 9.33. The van der Waals surface area contributed by atoms with E-state index in [9.17, 15) is 10.0 Å². The Labute approximate surface area is 94.2 Å². The lowest BCUT2D eigenvalue weighted by Gasteiger charge is -2.16. The van der Waals surface area contributed by atoms with Crippen LogP contribution in [-0.2, 0) is 4.79 Å². The van der Waals surface area contributed by atoms with Crippen LogP contribution in [0.5, 0.6) is 0 Å². The molecular formula is C9H19N3O4. The van der Waals surface area contributed by atoms with Crippen molar-refractivity contribution in [3.05, 3.63) is 0 Å². The number of carbonyl (C=O) groups is 1. The molecule has 0 radical (unpaired) electrons. The maximum absolute atomic E-state index is 10.4. The number of aliphatic hydroxyl groups is 1. The Morgan fingerprint density at radius 2 is 2.12 bits per heavy atom. The fourth-order valence-electron chi connectivity index (χ4n) is 1.10. The van der Waals surface area contributed by atoms with Crippen LogP contribution in [0.4, 0.5) is 0 Å². The number of aliphatic hydroxyl groups excluding tert-OH is 1. The number of hydrogen-bond acceptors (Lipinski definition) is 5. The molecule has 0 saturated carbocycles. The summed E-state index contributed by atoms with van der Waals surface area (Å²) in [5, 5.41) is 27.3. The molecule has 1 atom stereocenters. The molecule has 7 heteroatoms. The lowest BCUT2D eigenvalue weighted by atomic mass is 10.1. The molecule has 0 heterocycles. The Morgan fingerprint density at radius 3 is 2.62 bits per heavy atom. The molecule has 0 aliphatic carbocycles. The lowest BCUT2D eigenvalue weighted by Crippen LogP contribution is -2.30. The van der Waals surface area contributed by atoms with Gasteiger partial charge in [0.1, 0.15) is 18.6 Å². The van der Waals surface area contributed by atoms with Gasteiger partial charge in [-0.2, -0.15) is 0 Å². The molecule has 0 spiro atoms. The van der Waals surface area contributed by atoms with Crippen LogP contribution >= 0.6 is 0 Å². The average Bonchev–Trinajstić information content (AvgIpc) is 2.23. The number of hydrogen-bond donors (Lipinski definition) is 4. The second-order valence-corrected chi connectivity index (χ2v) is 3.41. The van der Waals surface area contributed by atoms with E-state index in [0.29, 0.717) is 31.6 Å². The van der Waals surface area contributed by atoms with Crippen molar-refractivity contribution in [2.45, 2.75) is 32.2 Å². The molecule has 94 valence electrons. The first kappa shape index (κ1) is 14.8. The Hall–Kier alpha value is -1.18. The first-order valence-corrected chi connectivity index (χ1v) is 5.05. The van der Waals surface area contributed by atoms with Crippen LogP contribution in [-0.4, -0.2) is 51.6 Å². The highest BCUT2D eigenvalue weighted by atomic mass is 16.5. The van der Waals surface area contributed by atoms with Gasteiger partial charge in [0.05, 0.1) is 0 Å². The number of nitrogens with two attached hydrogens (primary N) is 1. The number of rotatable bonds is 7. The Kier molecular flexibility index (Phi) is 7.44. The third-order valence-corrected chi connectivity index (χ3v) is 2.13. The number of amidine groups is 1. The first-order chi connectivity index (χ1) is 7.49. The second-order valence-electron chi connectivity index (χ2n) is 3.41. The van der Waals surface area contributed by atoms with Crippen molar-refractivity contribution in [3.63, 3.8) is 0 Å². The van der Waals surface area contributed by atoms with Gasteiger partial charge in [-0.1, -0.05) is 0 Å². The largest absolute Gasteiger partial charge is 0.480 e. The van der Waals surface area contributed by atoms with Crippen LogP contribution < -0.4 is 5.73 Å². The Bertz CT molecular complexity index is 245. The van der Waals surface area contributed by atoms with Crippen molar-refractivity contribution < 1.29 is 20.2 Å². The van der Waals surface area contributed by atoms with E-state index in [1.807, 2.05) is 0 Å². The SMILES string of the molecule is C/C(=N\CO)N(O)CCCCC(N)C(=O)O. The van der Waals surface area contributed by atoms with E-state index in [2.05, 4.69) is 4.99 Å². The quantitative estimate of drug-likeness (QED) is 0.206. The third kappa shape index (κ3) is 6.33. The highest BCUT2D eigenvalue weighted by Gasteiger charge is 2.10. The summed E-state index contributed by atoms with van der Waals surface area (Å²) in [7, 11) is 0. The highest BCUT2D eigenvalue weighted by Crippen LogP contribution is 2.01. The minimum Gasteiger partial charge on any atom is -0.480 e. The Balaban J connectivity index is 3.66. The van der Waals surface area contributed by atoms with Crippen LogP contribution in [0.15, 0.2) is 4.99 Å². The average molecular weight is 233 g/mol. The molecule has 0 aliphatic rings. The maximum atomic E-state index is 10.4. The van der Waals surface area contributed by atoms with E-state index in [1.54, 1.807) is 6.92 Å². The van der Waals surface area contributed by atoms with Crippen LogP contribution in [0, 0.1) is 0 Å². The molecule has 0 aliphatic heterocycles. The lowest BCUT2D eigenvalue weighted by molar-refractivity contribution is -0.138. The van der Waals surface area contributed by atoms with E-state index in [0.717, 1.165) is 5.06 Å². The van der Waals surface area contributed by atoms with Gasteiger partial charge >= 0.3 is 5.97 Å². The molecule has 0 aromatic rings. The molecule has 0 rings (SSSR count). The molecule has 7 nitrogen and oxygen atoms in total. The van der Waals surface area contributed by atoms with Gasteiger partial charge in [-0.05, 0) is 26.2 Å². The van der Waals surface area contributed by atoms with Crippen molar-refractivity contribution in [2.75, 3.05) is 13.3 Å². The number of nitrogens with zero attached hydrogens (tertiary/aromatic N) is 2. The topological polar surface area (TPSA) is 119 Å². The molecule has 0 amide bonds. The van der Waals surface area contributed by atoms with E-state index >= 15 is 0 Å². The molecule has 16 heavy (non-hydrogen) atoms. The monoisotopic (exact) mass is 233 g/mol. The summed E-state index contributed by atoms with van der Waals surface area (Å²) in [6.07, 6.45) is 1.59. The fourth-order valence-corrected chi connectivity index (χ4v) is 1.10. The number of hydroxylamine groups is 2. The van der Waals surface area contributed by atoms with Gasteiger partial charge in [-0.15, -0.1) is 0 Å². The highest BCUT2D eigenvalue weighted by molar-refractivity contribution is 5.78. The van der Waals surface area contributed by atoms with Gasteiger partial charge in [0.15, 0.2) is 0 Å². The maximum Gasteiger partial charge on any atom is 0.320 e. The number of aliphatic imine (C=N–C) groups is 1. The Morgan fingerprint density at radius 1 is 1.50 bits per heavy atom. The number of carboxylic acid groups (broad SMARTS) is 1. The predicted octanol–water partition coefficient (Wildman–Crippen LogP) is -0.372. The van der Waals surface area contributed by atoms with Crippen LogP contribution in [0.1, 0.15) is 26.2 Å². The molecule has 0 aromatic carbocycles. The molecule has 5 N–H and O–H groups in total. The normalized spacial score (nSPS) is 13.6. The summed E-state index contributed by atoms with van der Waals surface area (Å²) < 4.78 is 0. The third-order valence-electron chi connectivity index (χ3n) is 2.13.